The van der Waals surface area contributed by atoms with Gasteiger partial charge in [-0.1, -0.05) is 0 Å². The third-order valence-electron chi connectivity index (χ3n) is 3.23. The van der Waals surface area contributed by atoms with Crippen LogP contribution < -0.4 is 0 Å². The molecular formula is C12H7F15N2O2. The SMILES string of the molecule is Cn1ccnc1.O=C(O)C(F)(F)C(F)(F)C(F)(F)C(F)(F)C(F)(F)C(F)(F)C(F)(F)F. The number of carboxylic acids is 1. The van der Waals surface area contributed by atoms with E-state index in [0.29, 0.717) is 0 Å². The Kier molecular flexibility index (Phi) is 7.35. The molecular weight excluding hydrogens is 489 g/mol. The van der Waals surface area contributed by atoms with Crippen molar-refractivity contribution in [1.82, 2.24) is 9.55 Å². The van der Waals surface area contributed by atoms with Gasteiger partial charge in [-0.15, -0.1) is 0 Å². The van der Waals surface area contributed by atoms with Crippen molar-refractivity contribution in [2.45, 2.75) is 41.7 Å². The third kappa shape index (κ3) is 4.35. The van der Waals surface area contributed by atoms with Crippen molar-refractivity contribution < 1.29 is 75.8 Å². The summed E-state index contributed by atoms with van der Waals surface area (Å²) in [6.07, 6.45) is -2.30. The highest BCUT2D eigenvalue weighted by atomic mass is 19.4. The van der Waals surface area contributed by atoms with Crippen LogP contribution in [0.4, 0.5) is 65.9 Å². The number of carboxylic acid groups (broad SMARTS) is 1. The normalized spacial score (nSPS) is 14.7. The van der Waals surface area contributed by atoms with Crippen LogP contribution in [0.15, 0.2) is 18.7 Å². The molecule has 0 atom stereocenters. The lowest BCUT2D eigenvalue weighted by molar-refractivity contribution is -0.450. The van der Waals surface area contributed by atoms with Crippen LogP contribution in [0.5, 0.6) is 0 Å². The Morgan fingerprint density at radius 2 is 1.06 bits per heavy atom. The summed E-state index contributed by atoms with van der Waals surface area (Å²) < 4.78 is 189. The average Bonchev–Trinajstić information content (AvgIpc) is 3.04. The maximum absolute atomic E-state index is 12.8. The number of carbonyl (C=O) groups is 1. The van der Waals surface area contributed by atoms with Crippen molar-refractivity contribution in [2.75, 3.05) is 0 Å². The van der Waals surface area contributed by atoms with E-state index in [0.717, 1.165) is 0 Å². The molecule has 1 aromatic heterocycles. The molecule has 0 aromatic carbocycles. The molecule has 0 aliphatic carbocycles. The van der Waals surface area contributed by atoms with Crippen molar-refractivity contribution in [3.63, 3.8) is 0 Å². The van der Waals surface area contributed by atoms with E-state index in [1.807, 2.05) is 17.8 Å². The molecule has 19 heteroatoms. The lowest BCUT2D eigenvalue weighted by atomic mass is 9.91. The molecule has 0 fully saturated rings. The molecule has 0 unspecified atom stereocenters. The van der Waals surface area contributed by atoms with E-state index < -0.39 is 47.7 Å². The van der Waals surface area contributed by atoms with Crippen LogP contribution in [0.25, 0.3) is 0 Å². The lowest BCUT2D eigenvalue weighted by Gasteiger charge is -2.40. The minimum absolute atomic E-state index is 1.75. The van der Waals surface area contributed by atoms with Crippen LogP contribution in [0.2, 0.25) is 0 Å². The van der Waals surface area contributed by atoms with Crippen molar-refractivity contribution in [1.29, 1.82) is 0 Å². The third-order valence-corrected chi connectivity index (χ3v) is 3.23. The van der Waals surface area contributed by atoms with Gasteiger partial charge in [-0.05, 0) is 0 Å². The number of halogens is 15. The number of aliphatic carboxylic acids is 1. The first kappa shape index (κ1) is 28.6. The number of hydrogen-bond acceptors (Lipinski definition) is 2. The summed E-state index contributed by atoms with van der Waals surface area (Å²) in [4.78, 5) is 13.5. The van der Waals surface area contributed by atoms with Crippen LogP contribution in [0.1, 0.15) is 0 Å². The number of aromatic nitrogens is 2. The van der Waals surface area contributed by atoms with Gasteiger partial charge in [0.1, 0.15) is 0 Å². The maximum atomic E-state index is 12.8. The first-order valence-corrected chi connectivity index (χ1v) is 6.83. The Balaban J connectivity index is 0.00000127. The summed E-state index contributed by atoms with van der Waals surface area (Å²) in [5, 5.41) is 7.57. The highest BCUT2D eigenvalue weighted by Gasteiger charge is 2.94. The molecule has 1 heterocycles. The van der Waals surface area contributed by atoms with Crippen LogP contribution in [0, 0.1) is 0 Å². The highest BCUT2D eigenvalue weighted by molar-refractivity contribution is 5.77. The van der Waals surface area contributed by atoms with Gasteiger partial charge in [0.15, 0.2) is 0 Å². The second-order valence-electron chi connectivity index (χ2n) is 5.48. The standard InChI is InChI=1S/C8HF15O2.C4H6N2/c9-2(10,1(24)25)3(11,12)4(13,14)5(15,16)6(17,18)7(19,20)8(21,22)23;1-6-3-2-5-4-6/h(H,24,25);2-4H,1H3. The van der Waals surface area contributed by atoms with Crippen LogP contribution in [-0.4, -0.2) is 62.3 Å². The molecule has 0 amide bonds. The molecule has 0 spiro atoms. The summed E-state index contributed by atoms with van der Waals surface area (Å²) in [5.74, 6) is -52.8. The van der Waals surface area contributed by atoms with Gasteiger partial charge in [0.2, 0.25) is 0 Å². The second kappa shape index (κ2) is 7.95. The number of imidazole rings is 1. The molecule has 182 valence electrons. The van der Waals surface area contributed by atoms with Gasteiger partial charge in [-0.2, -0.15) is 65.9 Å². The molecule has 1 rings (SSSR count). The number of nitrogens with zero attached hydrogens (tertiary/aromatic N) is 2. The minimum Gasteiger partial charge on any atom is -0.477 e. The highest BCUT2D eigenvalue weighted by Crippen LogP contribution is 2.62. The zero-order chi connectivity index (χ0) is 25.5. The first-order chi connectivity index (χ1) is 13.3. The first-order valence-electron chi connectivity index (χ1n) is 6.83. The summed E-state index contributed by atoms with van der Waals surface area (Å²) in [6, 6.07) is 0. The lowest BCUT2D eigenvalue weighted by Crippen LogP contribution is -2.73. The Hall–Kier alpha value is -2.37. The summed E-state index contributed by atoms with van der Waals surface area (Å²) in [6.45, 7) is 0. The Bertz CT molecular complexity index is 755. The van der Waals surface area contributed by atoms with Crippen molar-refractivity contribution in [3.05, 3.63) is 18.7 Å². The van der Waals surface area contributed by atoms with Gasteiger partial charge in [-0.25, -0.2) is 9.78 Å². The predicted octanol–water partition coefficient (Wildman–Crippen LogP) is 4.87. The fraction of sp³-hybridized carbons (Fsp3) is 0.667. The Morgan fingerprint density at radius 1 is 0.710 bits per heavy atom. The second-order valence-corrected chi connectivity index (χ2v) is 5.48. The van der Waals surface area contributed by atoms with Crippen LogP contribution in [-0.2, 0) is 11.8 Å². The molecule has 4 nitrogen and oxygen atoms in total. The van der Waals surface area contributed by atoms with Crippen LogP contribution >= 0.6 is 0 Å². The molecule has 1 aromatic rings. The monoisotopic (exact) mass is 496 g/mol. The van der Waals surface area contributed by atoms with E-state index in [1.54, 1.807) is 12.5 Å². The molecule has 0 saturated carbocycles. The maximum Gasteiger partial charge on any atom is 0.460 e. The van der Waals surface area contributed by atoms with E-state index in [9.17, 15) is 70.7 Å². The van der Waals surface area contributed by atoms with E-state index in [2.05, 4.69) is 4.98 Å². The van der Waals surface area contributed by atoms with Gasteiger partial charge in [-0.3, -0.25) is 0 Å². The quantitative estimate of drug-likeness (QED) is 0.573. The zero-order valence-electron chi connectivity index (χ0n) is 14.2. The van der Waals surface area contributed by atoms with Crippen molar-refractivity contribution in [3.8, 4) is 0 Å². The zero-order valence-corrected chi connectivity index (χ0v) is 14.2. The van der Waals surface area contributed by atoms with Crippen LogP contribution in [0.3, 0.4) is 0 Å². The average molecular weight is 496 g/mol. The molecule has 0 aliphatic heterocycles. The van der Waals surface area contributed by atoms with E-state index >= 15 is 0 Å². The predicted molar refractivity (Wildman–Crippen MR) is 66.6 cm³/mol. The Labute approximate surface area is 160 Å². The van der Waals surface area contributed by atoms with E-state index in [-0.39, 0.29) is 0 Å². The number of rotatable bonds is 6. The molecule has 1 N–H and O–H groups in total. The summed E-state index contributed by atoms with van der Waals surface area (Å²) >= 11 is 0. The van der Waals surface area contributed by atoms with E-state index in [4.69, 9.17) is 5.11 Å². The number of aryl methyl sites for hydroxylation is 1. The van der Waals surface area contributed by atoms with Gasteiger partial charge >= 0.3 is 47.7 Å². The topological polar surface area (TPSA) is 55.1 Å². The van der Waals surface area contributed by atoms with Crippen molar-refractivity contribution in [2.24, 2.45) is 7.05 Å². The fourth-order valence-electron chi connectivity index (χ4n) is 1.43. The summed E-state index contributed by atoms with van der Waals surface area (Å²) in [7, 11) is 1.94. The number of hydrogen-bond donors (Lipinski definition) is 1. The smallest absolute Gasteiger partial charge is 0.460 e. The fourth-order valence-corrected chi connectivity index (χ4v) is 1.43. The molecule has 0 aliphatic rings. The van der Waals surface area contributed by atoms with Gasteiger partial charge in [0.25, 0.3) is 0 Å². The van der Waals surface area contributed by atoms with Gasteiger partial charge in [0, 0.05) is 19.4 Å². The largest absolute Gasteiger partial charge is 0.477 e. The van der Waals surface area contributed by atoms with Crippen molar-refractivity contribution >= 4 is 5.97 Å². The van der Waals surface area contributed by atoms with Gasteiger partial charge in [0.05, 0.1) is 6.33 Å². The molecule has 31 heavy (non-hydrogen) atoms. The molecule has 0 bridgehead atoms. The van der Waals surface area contributed by atoms with Gasteiger partial charge < -0.3 is 9.67 Å². The Morgan fingerprint density at radius 3 is 1.29 bits per heavy atom. The molecule has 0 radical (unpaired) electrons. The number of alkyl halides is 15. The van der Waals surface area contributed by atoms with E-state index in [1.165, 1.54) is 0 Å². The summed E-state index contributed by atoms with van der Waals surface area (Å²) in [5.41, 5.74) is 0. The minimum atomic E-state index is -8.47. The molecule has 0 saturated heterocycles.